The Morgan fingerprint density at radius 1 is 0.714 bits per heavy atom. The molecule has 0 aromatic carbocycles. The van der Waals surface area contributed by atoms with Gasteiger partial charge in [0.1, 0.15) is 0 Å². The second kappa shape index (κ2) is 5.80. The largest absolute Gasteiger partial charge is 0.460 e. The van der Waals surface area contributed by atoms with Gasteiger partial charge in [-0.3, -0.25) is 0 Å². The van der Waals surface area contributed by atoms with Gasteiger partial charge in [-0.25, -0.2) is 0 Å². The zero-order valence-corrected chi connectivity index (χ0v) is 16.7. The summed E-state index contributed by atoms with van der Waals surface area (Å²) in [7, 11) is -5.57. The monoisotopic (exact) mass is 466 g/mol. The summed E-state index contributed by atoms with van der Waals surface area (Å²) in [4.78, 5) is 0. The van der Waals surface area contributed by atoms with E-state index >= 15 is 0 Å². The van der Waals surface area contributed by atoms with Crippen LogP contribution in [0.2, 0.25) is 39.3 Å². The predicted molar refractivity (Wildman–Crippen MR) is 83.7 cm³/mol. The van der Waals surface area contributed by atoms with Gasteiger partial charge in [0.05, 0.1) is 16.1 Å². The maximum absolute atomic E-state index is 14.2. The highest BCUT2D eigenvalue weighted by molar-refractivity contribution is 14.1. The first kappa shape index (κ1) is 21.4. The smallest absolute Gasteiger partial charge is 0.195 e. The molecule has 10 heteroatoms. The van der Waals surface area contributed by atoms with Crippen LogP contribution in [0, 0.1) is 0 Å². The molecule has 0 N–H and O–H groups in total. The molecule has 0 saturated heterocycles. The summed E-state index contributed by atoms with van der Waals surface area (Å²) in [6, 6.07) is 0. The third-order valence-corrected chi connectivity index (χ3v) is 12.5. The van der Waals surface area contributed by atoms with Gasteiger partial charge in [0.2, 0.25) is 0 Å². The molecular weight excluding hydrogens is 448 g/mol. The van der Waals surface area contributed by atoms with Crippen LogP contribution in [0.25, 0.3) is 0 Å². The Morgan fingerprint density at radius 2 is 1.05 bits per heavy atom. The summed E-state index contributed by atoms with van der Waals surface area (Å²) < 4.78 is 92.3. The number of alkyl halides is 7. The molecule has 0 rings (SSSR count). The SMILES string of the molecule is C[Si](C)(C)/C(I)=C(/C(F)(F)C(F)(F)C(F)(F)F)[Si](C)(C)C. The second-order valence-corrected chi connectivity index (χ2v) is 18.9. The Bertz CT molecular complexity index is 427. The highest BCUT2D eigenvalue weighted by atomic mass is 127. The van der Waals surface area contributed by atoms with Gasteiger partial charge in [0.15, 0.2) is 0 Å². The van der Waals surface area contributed by atoms with Crippen molar-refractivity contribution in [3.63, 3.8) is 0 Å². The van der Waals surface area contributed by atoms with Gasteiger partial charge in [0.25, 0.3) is 0 Å². The maximum Gasteiger partial charge on any atom is 0.460 e. The Morgan fingerprint density at radius 3 is 1.24 bits per heavy atom. The quantitative estimate of drug-likeness (QED) is 0.261. The molecule has 0 atom stereocenters. The molecular formula is C11H18F7ISi2. The van der Waals surface area contributed by atoms with Gasteiger partial charge >= 0.3 is 18.0 Å². The lowest BCUT2D eigenvalue weighted by atomic mass is 10.1. The fourth-order valence-electron chi connectivity index (χ4n) is 1.65. The summed E-state index contributed by atoms with van der Waals surface area (Å²) in [5, 5.41) is -0.989. The fourth-order valence-corrected chi connectivity index (χ4v) is 9.33. The molecule has 0 spiro atoms. The van der Waals surface area contributed by atoms with Crippen LogP contribution in [-0.4, -0.2) is 34.2 Å². The molecule has 0 radical (unpaired) electrons. The number of hydrogen-bond acceptors (Lipinski definition) is 0. The van der Waals surface area contributed by atoms with Crippen molar-refractivity contribution in [2.45, 2.75) is 57.3 Å². The Balaban J connectivity index is 6.51. The topological polar surface area (TPSA) is 0 Å². The highest BCUT2D eigenvalue weighted by Gasteiger charge is 2.75. The molecule has 21 heavy (non-hydrogen) atoms. The van der Waals surface area contributed by atoms with Crippen molar-refractivity contribution in [3.05, 3.63) is 8.40 Å². The third-order valence-electron chi connectivity index (χ3n) is 2.69. The molecule has 126 valence electrons. The van der Waals surface area contributed by atoms with Crippen LogP contribution in [0.15, 0.2) is 8.40 Å². The second-order valence-electron chi connectivity index (χ2n) is 6.84. The average molecular weight is 466 g/mol. The highest BCUT2D eigenvalue weighted by Crippen LogP contribution is 2.53. The first-order chi connectivity index (χ1) is 8.78. The lowest BCUT2D eigenvalue weighted by molar-refractivity contribution is -0.343. The van der Waals surface area contributed by atoms with E-state index in [4.69, 9.17) is 0 Å². The number of rotatable bonds is 4. The van der Waals surface area contributed by atoms with E-state index in [9.17, 15) is 30.7 Å². The van der Waals surface area contributed by atoms with E-state index in [1.807, 2.05) is 0 Å². The summed E-state index contributed by atoms with van der Waals surface area (Å²) in [6.45, 7) is 8.95. The molecule has 0 aliphatic heterocycles. The number of halogens is 8. The molecule has 0 saturated carbocycles. The summed E-state index contributed by atoms with van der Waals surface area (Å²) >= 11 is 1.52. The summed E-state index contributed by atoms with van der Waals surface area (Å²) in [6.07, 6.45) is -6.29. The van der Waals surface area contributed by atoms with E-state index in [-0.39, 0.29) is 3.20 Å². The molecule has 0 fully saturated rings. The van der Waals surface area contributed by atoms with E-state index in [1.54, 1.807) is 19.6 Å². The van der Waals surface area contributed by atoms with E-state index in [1.165, 1.54) is 42.2 Å². The Hall–Kier alpha value is 0.414. The van der Waals surface area contributed by atoms with Gasteiger partial charge in [-0.05, 0) is 8.40 Å². The van der Waals surface area contributed by atoms with Crippen molar-refractivity contribution in [1.29, 1.82) is 0 Å². The predicted octanol–water partition coefficient (Wildman–Crippen LogP) is 6.26. The van der Waals surface area contributed by atoms with Crippen LogP contribution in [0.5, 0.6) is 0 Å². The summed E-state index contributed by atoms with van der Waals surface area (Å²) in [5.41, 5.74) is 0. The number of allylic oxidation sites excluding steroid dienone is 1. The first-order valence-electron chi connectivity index (χ1n) is 6.01. The normalized spacial score (nSPS) is 16.9. The van der Waals surface area contributed by atoms with E-state index in [0.717, 1.165) is 0 Å². The molecule has 0 unspecified atom stereocenters. The van der Waals surface area contributed by atoms with Gasteiger partial charge in [-0.1, -0.05) is 61.9 Å². The van der Waals surface area contributed by atoms with Crippen molar-refractivity contribution in [2.24, 2.45) is 0 Å². The van der Waals surface area contributed by atoms with E-state index < -0.39 is 39.4 Å². The van der Waals surface area contributed by atoms with E-state index in [0.29, 0.717) is 0 Å². The standard InChI is InChI=1S/C11H18F7ISi2/c1-20(2,3)7(8(19)21(4,5)6)9(12,13)10(14,15)11(16,17)18/h1-6H3/b8-7-. The Kier molecular flexibility index (Phi) is 5.92. The van der Waals surface area contributed by atoms with Gasteiger partial charge < -0.3 is 0 Å². The van der Waals surface area contributed by atoms with Crippen LogP contribution in [0.1, 0.15) is 0 Å². The van der Waals surface area contributed by atoms with Crippen molar-refractivity contribution >= 4 is 38.7 Å². The summed E-state index contributed by atoms with van der Waals surface area (Å²) in [5.74, 6) is -11.3. The van der Waals surface area contributed by atoms with Gasteiger partial charge in [0, 0.05) is 0 Å². The lowest BCUT2D eigenvalue weighted by Gasteiger charge is -2.37. The van der Waals surface area contributed by atoms with Crippen LogP contribution in [0.4, 0.5) is 30.7 Å². The molecule has 0 aliphatic carbocycles. The minimum absolute atomic E-state index is 0.00630. The molecule has 0 nitrogen and oxygen atoms in total. The van der Waals surface area contributed by atoms with Crippen molar-refractivity contribution in [2.75, 3.05) is 0 Å². The lowest BCUT2D eigenvalue weighted by Crippen LogP contribution is -2.57. The zero-order chi connectivity index (χ0) is 17.7. The molecule has 0 bridgehead atoms. The first-order valence-corrected chi connectivity index (χ1v) is 14.1. The molecule has 0 aliphatic rings. The van der Waals surface area contributed by atoms with Crippen molar-refractivity contribution in [1.82, 2.24) is 0 Å². The van der Waals surface area contributed by atoms with Gasteiger partial charge in [-0.15, -0.1) is 0 Å². The molecule has 0 amide bonds. The zero-order valence-electron chi connectivity index (χ0n) is 12.5. The van der Waals surface area contributed by atoms with Gasteiger partial charge in [-0.2, -0.15) is 30.7 Å². The molecule has 0 heterocycles. The minimum Gasteiger partial charge on any atom is -0.195 e. The van der Waals surface area contributed by atoms with E-state index in [2.05, 4.69) is 0 Å². The van der Waals surface area contributed by atoms with Crippen LogP contribution in [-0.2, 0) is 0 Å². The fraction of sp³-hybridized carbons (Fsp3) is 0.818. The molecule has 0 aromatic heterocycles. The van der Waals surface area contributed by atoms with Crippen molar-refractivity contribution in [3.8, 4) is 0 Å². The molecule has 0 aromatic rings. The Labute approximate surface area is 135 Å². The van der Waals surface area contributed by atoms with Crippen LogP contribution < -0.4 is 0 Å². The number of hydrogen-bond donors (Lipinski definition) is 0. The minimum atomic E-state index is -6.29. The average Bonchev–Trinajstić information content (AvgIpc) is 2.10. The van der Waals surface area contributed by atoms with Crippen LogP contribution >= 0.6 is 22.6 Å². The van der Waals surface area contributed by atoms with Crippen LogP contribution in [0.3, 0.4) is 0 Å². The van der Waals surface area contributed by atoms with Crippen molar-refractivity contribution < 1.29 is 30.7 Å². The third kappa shape index (κ3) is 4.24. The maximum atomic E-state index is 14.2.